The van der Waals surface area contributed by atoms with E-state index in [0.29, 0.717) is 13.2 Å². The molecule has 0 saturated heterocycles. The number of amides is 3. The van der Waals surface area contributed by atoms with Gasteiger partial charge in [-0.25, -0.2) is 4.79 Å². The number of benzene rings is 1. The first-order chi connectivity index (χ1) is 9.63. The summed E-state index contributed by atoms with van der Waals surface area (Å²) in [5.74, 6) is 0.718. The molecule has 0 bridgehead atoms. The van der Waals surface area contributed by atoms with E-state index < -0.39 is 6.03 Å². The van der Waals surface area contributed by atoms with Crippen molar-refractivity contribution in [3.05, 3.63) is 35.4 Å². The van der Waals surface area contributed by atoms with Crippen LogP contribution in [0.1, 0.15) is 11.1 Å². The number of nitrogens with one attached hydrogen (secondary N) is 2. The van der Waals surface area contributed by atoms with Gasteiger partial charge in [0.2, 0.25) is 5.91 Å². The molecule has 2 N–H and O–H groups in total. The highest BCUT2D eigenvalue weighted by Crippen LogP contribution is 2.15. The molecule has 110 valence electrons. The smallest absolute Gasteiger partial charge is 0.321 e. The van der Waals surface area contributed by atoms with Gasteiger partial charge in [-0.15, -0.1) is 11.8 Å². The van der Waals surface area contributed by atoms with Crippen molar-refractivity contribution in [3.8, 4) is 0 Å². The SMILES string of the molecule is COCCNC(=O)NC(=O)CSCc1ccccc1C. The quantitative estimate of drug-likeness (QED) is 0.752. The number of ether oxygens (including phenoxy) is 1. The molecule has 0 aliphatic heterocycles. The Morgan fingerprint density at radius 2 is 2.05 bits per heavy atom. The normalized spacial score (nSPS) is 10.1. The van der Waals surface area contributed by atoms with Crippen molar-refractivity contribution in [1.29, 1.82) is 0 Å². The Balaban J connectivity index is 2.20. The van der Waals surface area contributed by atoms with E-state index in [2.05, 4.69) is 10.6 Å². The van der Waals surface area contributed by atoms with Crippen molar-refractivity contribution in [2.24, 2.45) is 0 Å². The van der Waals surface area contributed by atoms with Gasteiger partial charge < -0.3 is 10.1 Å². The van der Waals surface area contributed by atoms with Crippen molar-refractivity contribution in [2.45, 2.75) is 12.7 Å². The van der Waals surface area contributed by atoms with Crippen LogP contribution in [-0.4, -0.2) is 38.0 Å². The second kappa shape index (κ2) is 9.39. The minimum absolute atomic E-state index is 0.256. The Morgan fingerprint density at radius 1 is 1.30 bits per heavy atom. The van der Waals surface area contributed by atoms with E-state index in [4.69, 9.17) is 4.74 Å². The van der Waals surface area contributed by atoms with Crippen LogP contribution in [0, 0.1) is 6.92 Å². The van der Waals surface area contributed by atoms with Crippen LogP contribution in [0.2, 0.25) is 0 Å². The van der Waals surface area contributed by atoms with Crippen LogP contribution in [0.4, 0.5) is 4.79 Å². The molecule has 0 spiro atoms. The molecule has 20 heavy (non-hydrogen) atoms. The lowest BCUT2D eigenvalue weighted by molar-refractivity contribution is -0.117. The second-order valence-electron chi connectivity index (χ2n) is 4.22. The number of rotatable bonds is 7. The highest BCUT2D eigenvalue weighted by atomic mass is 32.2. The molecule has 5 nitrogen and oxygen atoms in total. The van der Waals surface area contributed by atoms with Gasteiger partial charge in [0.25, 0.3) is 0 Å². The summed E-state index contributed by atoms with van der Waals surface area (Å²) in [5, 5.41) is 4.80. The Hall–Kier alpha value is -1.53. The molecule has 0 aromatic heterocycles. The molecule has 1 aromatic carbocycles. The van der Waals surface area contributed by atoms with Crippen molar-refractivity contribution in [2.75, 3.05) is 26.0 Å². The summed E-state index contributed by atoms with van der Waals surface area (Å²) in [5.41, 5.74) is 2.41. The number of methoxy groups -OCH3 is 1. The van der Waals surface area contributed by atoms with Gasteiger partial charge in [-0.05, 0) is 18.1 Å². The molecule has 0 fully saturated rings. The van der Waals surface area contributed by atoms with E-state index in [1.807, 2.05) is 31.2 Å². The van der Waals surface area contributed by atoms with Gasteiger partial charge >= 0.3 is 6.03 Å². The van der Waals surface area contributed by atoms with E-state index in [-0.39, 0.29) is 11.7 Å². The van der Waals surface area contributed by atoms with Crippen LogP contribution in [0.5, 0.6) is 0 Å². The maximum Gasteiger partial charge on any atom is 0.321 e. The third-order valence-corrected chi connectivity index (χ3v) is 3.58. The van der Waals surface area contributed by atoms with Gasteiger partial charge in [0, 0.05) is 19.4 Å². The highest BCUT2D eigenvalue weighted by molar-refractivity contribution is 7.99. The fourth-order valence-corrected chi connectivity index (χ4v) is 2.40. The van der Waals surface area contributed by atoms with Gasteiger partial charge in [0.1, 0.15) is 0 Å². The van der Waals surface area contributed by atoms with E-state index >= 15 is 0 Å². The van der Waals surface area contributed by atoms with Crippen molar-refractivity contribution in [3.63, 3.8) is 0 Å². The number of hydrogen-bond donors (Lipinski definition) is 2. The summed E-state index contributed by atoms with van der Waals surface area (Å²) in [6.07, 6.45) is 0. The molecule has 1 rings (SSSR count). The largest absolute Gasteiger partial charge is 0.383 e. The molecular formula is C14H20N2O3S. The van der Waals surface area contributed by atoms with Crippen molar-refractivity contribution < 1.29 is 14.3 Å². The van der Waals surface area contributed by atoms with Gasteiger partial charge in [-0.3, -0.25) is 10.1 Å². The van der Waals surface area contributed by atoms with Crippen LogP contribution in [0.25, 0.3) is 0 Å². The minimum atomic E-state index is -0.483. The average Bonchev–Trinajstić information content (AvgIpc) is 2.41. The predicted octanol–water partition coefficient (Wildman–Crippen LogP) is 1.70. The van der Waals surface area contributed by atoms with Crippen LogP contribution in [-0.2, 0) is 15.3 Å². The van der Waals surface area contributed by atoms with Gasteiger partial charge in [-0.1, -0.05) is 24.3 Å². The summed E-state index contributed by atoms with van der Waals surface area (Å²) in [4.78, 5) is 22.8. The number of carbonyl (C=O) groups is 2. The van der Waals surface area contributed by atoms with Crippen LogP contribution in [0.3, 0.4) is 0 Å². The third-order valence-electron chi connectivity index (χ3n) is 2.60. The fourth-order valence-electron chi connectivity index (χ4n) is 1.50. The lowest BCUT2D eigenvalue weighted by Crippen LogP contribution is -2.41. The van der Waals surface area contributed by atoms with E-state index in [9.17, 15) is 9.59 Å². The summed E-state index contributed by atoms with van der Waals surface area (Å²) in [7, 11) is 1.55. The average molecular weight is 296 g/mol. The Morgan fingerprint density at radius 3 is 2.75 bits per heavy atom. The number of aryl methyl sites for hydroxylation is 1. The molecule has 0 aliphatic rings. The lowest BCUT2D eigenvalue weighted by Gasteiger charge is -2.07. The first kappa shape index (κ1) is 16.5. The highest BCUT2D eigenvalue weighted by Gasteiger charge is 2.07. The number of thioether (sulfide) groups is 1. The van der Waals surface area contributed by atoms with Gasteiger partial charge in [0.15, 0.2) is 0 Å². The molecule has 0 atom stereocenters. The van der Waals surface area contributed by atoms with Crippen LogP contribution >= 0.6 is 11.8 Å². The number of carbonyl (C=O) groups excluding carboxylic acids is 2. The minimum Gasteiger partial charge on any atom is -0.383 e. The molecule has 1 aromatic rings. The number of hydrogen-bond acceptors (Lipinski definition) is 4. The zero-order valence-electron chi connectivity index (χ0n) is 11.8. The van der Waals surface area contributed by atoms with E-state index in [0.717, 1.165) is 5.75 Å². The topological polar surface area (TPSA) is 67.4 Å². The summed E-state index contributed by atoms with van der Waals surface area (Å²) < 4.78 is 4.79. The molecule has 0 saturated carbocycles. The third kappa shape index (κ3) is 6.58. The van der Waals surface area contributed by atoms with E-state index in [1.54, 1.807) is 7.11 Å². The standard InChI is InChI=1S/C14H20N2O3S/c1-11-5-3-4-6-12(11)9-20-10-13(17)16-14(18)15-7-8-19-2/h3-6H,7-10H2,1-2H3,(H2,15,16,17,18). The molecule has 0 heterocycles. The van der Waals surface area contributed by atoms with E-state index in [1.165, 1.54) is 22.9 Å². The Labute approximate surface area is 123 Å². The maximum atomic E-state index is 11.5. The summed E-state index contributed by atoms with van der Waals surface area (Å²) >= 11 is 1.48. The molecule has 0 unspecified atom stereocenters. The lowest BCUT2D eigenvalue weighted by atomic mass is 10.1. The van der Waals surface area contributed by atoms with Crippen molar-refractivity contribution in [1.82, 2.24) is 10.6 Å². The number of urea groups is 1. The van der Waals surface area contributed by atoms with Crippen LogP contribution < -0.4 is 10.6 Å². The Kier molecular flexibility index (Phi) is 7.75. The number of imide groups is 1. The predicted molar refractivity (Wildman–Crippen MR) is 80.8 cm³/mol. The first-order valence-electron chi connectivity index (χ1n) is 6.32. The first-order valence-corrected chi connectivity index (χ1v) is 7.48. The molecule has 6 heteroatoms. The fraction of sp³-hybridized carbons (Fsp3) is 0.429. The monoisotopic (exact) mass is 296 g/mol. The zero-order valence-corrected chi connectivity index (χ0v) is 12.6. The molecule has 3 amide bonds. The summed E-state index contributed by atoms with van der Waals surface area (Å²) in [6, 6.07) is 7.56. The van der Waals surface area contributed by atoms with Crippen molar-refractivity contribution >= 4 is 23.7 Å². The second-order valence-corrected chi connectivity index (χ2v) is 5.20. The van der Waals surface area contributed by atoms with Crippen LogP contribution in [0.15, 0.2) is 24.3 Å². The zero-order chi connectivity index (χ0) is 14.8. The summed E-state index contributed by atoms with van der Waals surface area (Å²) in [6.45, 7) is 2.84. The Bertz CT molecular complexity index is 452. The van der Waals surface area contributed by atoms with Gasteiger partial charge in [0.05, 0.1) is 12.4 Å². The molecule has 0 aliphatic carbocycles. The van der Waals surface area contributed by atoms with Gasteiger partial charge in [-0.2, -0.15) is 0 Å². The molecule has 0 radical (unpaired) electrons. The molecular weight excluding hydrogens is 276 g/mol. The maximum absolute atomic E-state index is 11.5.